The molecule has 0 aliphatic rings. The highest BCUT2D eigenvalue weighted by Gasteiger charge is 2.21. The van der Waals surface area contributed by atoms with Crippen molar-refractivity contribution in [2.75, 3.05) is 0 Å². The first-order chi connectivity index (χ1) is 13.1. The van der Waals surface area contributed by atoms with Gasteiger partial charge in [-0.15, -0.1) is 0 Å². The molecule has 0 saturated heterocycles. The first kappa shape index (κ1) is 18.9. The molecule has 2 atom stereocenters. The molecule has 0 heterocycles. The lowest BCUT2D eigenvalue weighted by molar-refractivity contribution is -0.123. The van der Waals surface area contributed by atoms with Gasteiger partial charge < -0.3 is 5.32 Å². The van der Waals surface area contributed by atoms with Crippen LogP contribution in [0.25, 0.3) is 0 Å². The van der Waals surface area contributed by atoms with E-state index in [1.165, 1.54) is 5.56 Å². The number of benzene rings is 3. The van der Waals surface area contributed by atoms with Gasteiger partial charge in [0.2, 0.25) is 5.91 Å². The van der Waals surface area contributed by atoms with Gasteiger partial charge in [0.05, 0.1) is 12.1 Å². The molecule has 2 N–H and O–H groups in total. The number of carbonyl (C=O) groups excluding carboxylic acids is 1. The Balaban J connectivity index is 1.72. The maximum atomic E-state index is 12.9. The highest BCUT2D eigenvalue weighted by molar-refractivity contribution is 5.82. The van der Waals surface area contributed by atoms with Gasteiger partial charge in [0.1, 0.15) is 0 Å². The lowest BCUT2D eigenvalue weighted by atomic mass is 9.98. The summed E-state index contributed by atoms with van der Waals surface area (Å²) in [5.74, 6) is -0.0181. The van der Waals surface area contributed by atoms with Gasteiger partial charge in [0, 0.05) is 6.04 Å². The Labute approximate surface area is 161 Å². The second kappa shape index (κ2) is 9.15. The standard InChI is InChI=1S/C24H26N2O/c1-18(20-12-6-3-7-13-20)25-19(2)24(27)26-23(21-14-8-4-9-15-21)22-16-10-5-11-17-22/h3-19,23,25H,1-2H3,(H,26,27)/t18-,19-/m0/s1. The molecule has 0 radical (unpaired) electrons. The summed E-state index contributed by atoms with van der Waals surface area (Å²) in [7, 11) is 0. The van der Waals surface area contributed by atoms with Crippen molar-refractivity contribution >= 4 is 5.91 Å². The van der Waals surface area contributed by atoms with E-state index in [0.717, 1.165) is 11.1 Å². The highest BCUT2D eigenvalue weighted by Crippen LogP contribution is 2.22. The van der Waals surface area contributed by atoms with E-state index in [-0.39, 0.29) is 24.0 Å². The number of carbonyl (C=O) groups is 1. The van der Waals surface area contributed by atoms with Crippen LogP contribution in [-0.2, 0) is 4.79 Å². The zero-order chi connectivity index (χ0) is 19.1. The van der Waals surface area contributed by atoms with Crippen LogP contribution in [0, 0.1) is 0 Å². The van der Waals surface area contributed by atoms with Crippen molar-refractivity contribution in [2.45, 2.75) is 32.0 Å². The summed E-state index contributed by atoms with van der Waals surface area (Å²) >= 11 is 0. The first-order valence-electron chi connectivity index (χ1n) is 9.36. The quantitative estimate of drug-likeness (QED) is 0.646. The van der Waals surface area contributed by atoms with Crippen molar-refractivity contribution in [2.24, 2.45) is 0 Å². The van der Waals surface area contributed by atoms with Crippen LogP contribution in [0.3, 0.4) is 0 Å². The third kappa shape index (κ3) is 5.05. The lowest BCUT2D eigenvalue weighted by Crippen LogP contribution is -2.44. The Morgan fingerprint density at radius 2 is 1.07 bits per heavy atom. The Morgan fingerprint density at radius 1 is 0.667 bits per heavy atom. The van der Waals surface area contributed by atoms with E-state index >= 15 is 0 Å². The number of hydrogen-bond donors (Lipinski definition) is 2. The monoisotopic (exact) mass is 358 g/mol. The SMILES string of the molecule is C[C@H](N[C@@H](C)c1ccccc1)C(=O)NC(c1ccccc1)c1ccccc1. The average Bonchev–Trinajstić information content (AvgIpc) is 2.73. The van der Waals surface area contributed by atoms with Crippen LogP contribution in [0.5, 0.6) is 0 Å². The van der Waals surface area contributed by atoms with Gasteiger partial charge in [-0.2, -0.15) is 0 Å². The Morgan fingerprint density at radius 3 is 1.52 bits per heavy atom. The fourth-order valence-electron chi connectivity index (χ4n) is 3.21. The van der Waals surface area contributed by atoms with Crippen molar-refractivity contribution in [3.63, 3.8) is 0 Å². The molecule has 3 rings (SSSR count). The van der Waals surface area contributed by atoms with Crippen molar-refractivity contribution in [1.82, 2.24) is 10.6 Å². The summed E-state index contributed by atoms with van der Waals surface area (Å²) in [6, 6.07) is 29.9. The molecule has 1 amide bonds. The maximum Gasteiger partial charge on any atom is 0.237 e. The topological polar surface area (TPSA) is 41.1 Å². The second-order valence-electron chi connectivity index (χ2n) is 6.78. The van der Waals surface area contributed by atoms with Crippen molar-refractivity contribution in [3.8, 4) is 0 Å². The molecule has 0 bridgehead atoms. The maximum absolute atomic E-state index is 12.9. The third-order valence-corrected chi connectivity index (χ3v) is 4.75. The highest BCUT2D eigenvalue weighted by atomic mass is 16.2. The number of hydrogen-bond acceptors (Lipinski definition) is 2. The van der Waals surface area contributed by atoms with Crippen LogP contribution in [0.2, 0.25) is 0 Å². The van der Waals surface area contributed by atoms with E-state index in [1.807, 2.05) is 85.8 Å². The second-order valence-corrected chi connectivity index (χ2v) is 6.78. The summed E-state index contributed by atoms with van der Waals surface area (Å²) < 4.78 is 0. The van der Waals surface area contributed by atoms with Crippen LogP contribution >= 0.6 is 0 Å². The van der Waals surface area contributed by atoms with Crippen molar-refractivity contribution in [1.29, 1.82) is 0 Å². The molecule has 0 aliphatic heterocycles. The molecule has 3 aromatic carbocycles. The summed E-state index contributed by atoms with van der Waals surface area (Å²) in [6.45, 7) is 3.98. The summed E-state index contributed by atoms with van der Waals surface area (Å²) in [5, 5.41) is 6.60. The van der Waals surface area contributed by atoms with E-state index in [0.29, 0.717) is 0 Å². The average molecular weight is 358 g/mol. The van der Waals surface area contributed by atoms with E-state index in [2.05, 4.69) is 29.7 Å². The Kier molecular flexibility index (Phi) is 6.39. The van der Waals surface area contributed by atoms with Gasteiger partial charge in [0.15, 0.2) is 0 Å². The number of amides is 1. The molecule has 0 saturated carbocycles. The number of nitrogens with one attached hydrogen (secondary N) is 2. The summed E-state index contributed by atoms with van der Waals surface area (Å²) in [6.07, 6.45) is 0. The molecule has 0 aliphatic carbocycles. The third-order valence-electron chi connectivity index (χ3n) is 4.75. The van der Waals surface area contributed by atoms with E-state index in [4.69, 9.17) is 0 Å². The Bertz CT molecular complexity index is 795. The number of rotatable bonds is 7. The largest absolute Gasteiger partial charge is 0.344 e. The lowest BCUT2D eigenvalue weighted by Gasteiger charge is -2.24. The molecule has 3 aromatic rings. The zero-order valence-corrected chi connectivity index (χ0v) is 15.8. The van der Waals surface area contributed by atoms with E-state index in [1.54, 1.807) is 0 Å². The normalized spacial score (nSPS) is 13.1. The molecule has 138 valence electrons. The zero-order valence-electron chi connectivity index (χ0n) is 15.8. The molecule has 0 unspecified atom stereocenters. The minimum Gasteiger partial charge on any atom is -0.344 e. The van der Waals surface area contributed by atoms with Gasteiger partial charge in [0.25, 0.3) is 0 Å². The Hall–Kier alpha value is -2.91. The van der Waals surface area contributed by atoms with Gasteiger partial charge in [-0.25, -0.2) is 0 Å². The minimum atomic E-state index is -0.310. The van der Waals surface area contributed by atoms with Gasteiger partial charge in [-0.3, -0.25) is 10.1 Å². The van der Waals surface area contributed by atoms with Crippen molar-refractivity contribution < 1.29 is 4.79 Å². The molecule has 3 heteroatoms. The molecular formula is C24H26N2O. The molecule has 27 heavy (non-hydrogen) atoms. The van der Waals surface area contributed by atoms with Crippen molar-refractivity contribution in [3.05, 3.63) is 108 Å². The summed E-state index contributed by atoms with van der Waals surface area (Å²) in [5.41, 5.74) is 3.31. The molecule has 0 aromatic heterocycles. The van der Waals surface area contributed by atoms with Crippen LogP contribution in [0.4, 0.5) is 0 Å². The van der Waals surface area contributed by atoms with Crippen LogP contribution in [-0.4, -0.2) is 11.9 Å². The smallest absolute Gasteiger partial charge is 0.237 e. The predicted octanol–water partition coefficient (Wildman–Crippen LogP) is 4.63. The minimum absolute atomic E-state index is 0.0181. The van der Waals surface area contributed by atoms with E-state index < -0.39 is 0 Å². The van der Waals surface area contributed by atoms with Crippen LogP contribution in [0.15, 0.2) is 91.0 Å². The molecule has 0 fully saturated rings. The summed E-state index contributed by atoms with van der Waals surface area (Å²) in [4.78, 5) is 12.9. The first-order valence-corrected chi connectivity index (χ1v) is 9.36. The predicted molar refractivity (Wildman–Crippen MR) is 110 cm³/mol. The van der Waals surface area contributed by atoms with Gasteiger partial charge >= 0.3 is 0 Å². The fourth-order valence-corrected chi connectivity index (χ4v) is 3.21. The fraction of sp³-hybridized carbons (Fsp3) is 0.208. The van der Waals surface area contributed by atoms with Gasteiger partial charge in [-0.05, 0) is 30.5 Å². The molecular weight excluding hydrogens is 332 g/mol. The van der Waals surface area contributed by atoms with Crippen LogP contribution in [0.1, 0.15) is 42.6 Å². The van der Waals surface area contributed by atoms with Gasteiger partial charge in [-0.1, -0.05) is 91.0 Å². The van der Waals surface area contributed by atoms with E-state index in [9.17, 15) is 4.79 Å². The molecule has 3 nitrogen and oxygen atoms in total. The molecule has 0 spiro atoms. The van der Waals surface area contributed by atoms with Crippen LogP contribution < -0.4 is 10.6 Å².